The van der Waals surface area contributed by atoms with Gasteiger partial charge in [-0.3, -0.25) is 4.79 Å². The van der Waals surface area contributed by atoms with Gasteiger partial charge in [0.05, 0.1) is 104 Å². The molecule has 2 aromatic rings. The molecule has 0 atom stereocenters. The number of nitrogens with one attached hydrogen (secondary N) is 1. The van der Waals surface area contributed by atoms with Crippen LogP contribution in [0.5, 0.6) is 0 Å². The van der Waals surface area contributed by atoms with Crippen LogP contribution in [0.25, 0.3) is 0 Å². The largest absolute Gasteiger partial charge is 0.505 e. The van der Waals surface area contributed by atoms with Gasteiger partial charge in [0.25, 0.3) is 5.91 Å². The summed E-state index contributed by atoms with van der Waals surface area (Å²) < 4.78 is 42.0. The van der Waals surface area contributed by atoms with E-state index < -0.39 is 6.16 Å². The van der Waals surface area contributed by atoms with E-state index in [0.29, 0.717) is 104 Å². The monoisotopic (exact) mass is 621 g/mol. The van der Waals surface area contributed by atoms with E-state index in [1.807, 2.05) is 30.3 Å². The van der Waals surface area contributed by atoms with Crippen molar-refractivity contribution in [3.63, 3.8) is 0 Å². The molecule has 0 saturated carbocycles. The van der Waals surface area contributed by atoms with Crippen LogP contribution >= 0.6 is 0 Å². The van der Waals surface area contributed by atoms with Gasteiger partial charge in [0.15, 0.2) is 0 Å². The number of carbonyl (C=O) groups excluding carboxylic acids is 1. The maximum Gasteiger partial charge on any atom is 0.505 e. The summed E-state index contributed by atoms with van der Waals surface area (Å²) in [6.45, 7) is 6.18. The molecular formula is C30H43N3O11. The first-order chi connectivity index (χ1) is 21.6. The number of carbonyl (C=O) groups is 2. The van der Waals surface area contributed by atoms with E-state index >= 15 is 0 Å². The predicted molar refractivity (Wildman–Crippen MR) is 159 cm³/mol. The Morgan fingerprint density at radius 3 is 1.34 bits per heavy atom. The first-order valence-electron chi connectivity index (χ1n) is 14.4. The number of amides is 1. The molecule has 0 spiro atoms. The summed E-state index contributed by atoms with van der Waals surface area (Å²) in [7, 11) is 0. The zero-order chi connectivity index (χ0) is 31.3. The highest BCUT2D eigenvalue weighted by molar-refractivity contribution is 5.94. The molecule has 0 aliphatic rings. The molecule has 0 saturated heterocycles. The van der Waals surface area contributed by atoms with Gasteiger partial charge >= 0.3 is 6.16 Å². The third-order valence-electron chi connectivity index (χ3n) is 5.38. The summed E-state index contributed by atoms with van der Waals surface area (Å²) in [5, 5.41) is 19.4. The first kappa shape index (κ1) is 36.7. The second kappa shape index (κ2) is 25.9. The number of carboxylic acid groups (broad SMARTS) is 1. The van der Waals surface area contributed by atoms with Crippen molar-refractivity contribution in [3.8, 4) is 0 Å². The highest BCUT2D eigenvalue weighted by Gasteiger charge is 2.04. The average Bonchev–Trinajstić information content (AvgIpc) is 3.04. The number of hydrogen-bond donors (Lipinski definition) is 2. The molecule has 0 aliphatic heterocycles. The Bertz CT molecular complexity index is 1030. The molecule has 0 bridgehead atoms. The van der Waals surface area contributed by atoms with Crippen LogP contribution in [0.3, 0.4) is 0 Å². The Kier molecular flexibility index (Phi) is 21.6. The standard InChI is InChI=1S/C30H43N3O11/c34-29(26-6-8-28(9-7-26)33-32-27-4-2-1-3-5-27)31-10-11-37-12-13-38-14-15-39-16-17-40-18-19-41-20-21-42-22-23-43-24-25-44-30(35)36/h1-9H,10-25H2,(H,31,34)(H,35,36). The van der Waals surface area contributed by atoms with Crippen molar-refractivity contribution >= 4 is 23.4 Å². The van der Waals surface area contributed by atoms with Crippen LogP contribution in [0.15, 0.2) is 64.8 Å². The third kappa shape index (κ3) is 20.4. The number of azo groups is 1. The Labute approximate surface area is 257 Å². The van der Waals surface area contributed by atoms with Crippen LogP contribution in [0.2, 0.25) is 0 Å². The predicted octanol–water partition coefficient (Wildman–Crippen LogP) is 3.64. The van der Waals surface area contributed by atoms with Gasteiger partial charge in [-0.15, -0.1) is 0 Å². The van der Waals surface area contributed by atoms with Crippen molar-refractivity contribution in [3.05, 3.63) is 60.2 Å². The Morgan fingerprint density at radius 2 is 0.909 bits per heavy atom. The zero-order valence-corrected chi connectivity index (χ0v) is 24.9. The molecular weight excluding hydrogens is 578 g/mol. The van der Waals surface area contributed by atoms with Crippen molar-refractivity contribution in [2.24, 2.45) is 10.2 Å². The Balaban J connectivity index is 1.28. The Hall–Kier alpha value is -3.50. The van der Waals surface area contributed by atoms with E-state index in [2.05, 4.69) is 20.3 Å². The Morgan fingerprint density at radius 1 is 0.523 bits per heavy atom. The summed E-state index contributed by atoms with van der Waals surface area (Å²) in [6, 6.07) is 16.3. The van der Waals surface area contributed by atoms with Crippen LogP contribution in [-0.2, 0) is 37.9 Å². The molecule has 14 nitrogen and oxygen atoms in total. The van der Waals surface area contributed by atoms with Gasteiger partial charge in [0.1, 0.15) is 6.61 Å². The summed E-state index contributed by atoms with van der Waals surface area (Å²) in [5.74, 6) is -0.182. The van der Waals surface area contributed by atoms with E-state index in [4.69, 9.17) is 38.3 Å². The van der Waals surface area contributed by atoms with Crippen molar-refractivity contribution in [1.82, 2.24) is 5.32 Å². The van der Waals surface area contributed by atoms with Crippen LogP contribution in [0, 0.1) is 0 Å². The lowest BCUT2D eigenvalue weighted by Crippen LogP contribution is -2.27. The lowest BCUT2D eigenvalue weighted by molar-refractivity contribution is -0.0222. The molecule has 0 aliphatic carbocycles. The van der Waals surface area contributed by atoms with Crippen LogP contribution < -0.4 is 5.32 Å². The van der Waals surface area contributed by atoms with E-state index in [-0.39, 0.29) is 19.1 Å². The molecule has 1 amide bonds. The number of hydrogen-bond acceptors (Lipinski definition) is 12. The molecule has 2 N–H and O–H groups in total. The fourth-order valence-electron chi connectivity index (χ4n) is 3.24. The lowest BCUT2D eigenvalue weighted by Gasteiger charge is -2.09. The van der Waals surface area contributed by atoms with Crippen molar-refractivity contribution < 1.29 is 52.6 Å². The highest BCUT2D eigenvalue weighted by Crippen LogP contribution is 2.18. The molecule has 0 radical (unpaired) electrons. The fourth-order valence-corrected chi connectivity index (χ4v) is 3.24. The van der Waals surface area contributed by atoms with Gasteiger partial charge in [-0.2, -0.15) is 10.2 Å². The van der Waals surface area contributed by atoms with E-state index in [0.717, 1.165) is 5.69 Å². The maximum absolute atomic E-state index is 12.3. The summed E-state index contributed by atoms with van der Waals surface area (Å²) >= 11 is 0. The van der Waals surface area contributed by atoms with E-state index in [1.54, 1.807) is 24.3 Å². The number of rotatable bonds is 27. The number of ether oxygens (including phenoxy) is 8. The lowest BCUT2D eigenvalue weighted by atomic mass is 10.2. The molecule has 44 heavy (non-hydrogen) atoms. The molecule has 0 heterocycles. The van der Waals surface area contributed by atoms with Crippen LogP contribution in [0.1, 0.15) is 10.4 Å². The van der Waals surface area contributed by atoms with Gasteiger partial charge in [-0.05, 0) is 36.4 Å². The number of benzene rings is 2. The van der Waals surface area contributed by atoms with Gasteiger partial charge in [-0.1, -0.05) is 18.2 Å². The van der Waals surface area contributed by atoms with Crippen LogP contribution in [0.4, 0.5) is 16.2 Å². The van der Waals surface area contributed by atoms with Crippen LogP contribution in [-0.4, -0.2) is 123 Å². The molecule has 0 fully saturated rings. The van der Waals surface area contributed by atoms with Gasteiger partial charge in [0, 0.05) is 12.1 Å². The van der Waals surface area contributed by atoms with Crippen molar-refractivity contribution in [1.29, 1.82) is 0 Å². The second-order valence-electron chi connectivity index (χ2n) is 8.74. The van der Waals surface area contributed by atoms with Crippen molar-refractivity contribution in [2.75, 3.05) is 106 Å². The molecule has 14 heteroatoms. The number of nitrogens with zero attached hydrogens (tertiary/aromatic N) is 2. The zero-order valence-electron chi connectivity index (χ0n) is 24.9. The molecule has 0 aromatic heterocycles. The average molecular weight is 622 g/mol. The van der Waals surface area contributed by atoms with E-state index in [1.165, 1.54) is 0 Å². The van der Waals surface area contributed by atoms with Gasteiger partial charge < -0.3 is 48.3 Å². The first-order valence-corrected chi connectivity index (χ1v) is 14.4. The minimum atomic E-state index is -1.32. The van der Waals surface area contributed by atoms with Crippen molar-refractivity contribution in [2.45, 2.75) is 0 Å². The quantitative estimate of drug-likeness (QED) is 0.0850. The minimum absolute atomic E-state index is 0.00171. The topological polar surface area (TPSA) is 165 Å². The molecule has 2 aromatic carbocycles. The highest BCUT2D eigenvalue weighted by atomic mass is 16.7. The normalized spacial score (nSPS) is 11.2. The molecule has 0 unspecified atom stereocenters. The van der Waals surface area contributed by atoms with Gasteiger partial charge in [-0.25, -0.2) is 4.79 Å². The molecule has 244 valence electrons. The summed E-state index contributed by atoms with van der Waals surface area (Å²) in [6.07, 6.45) is -1.32. The maximum atomic E-state index is 12.3. The SMILES string of the molecule is O=C(O)OCCOCCOCCOCCOCCOCCOCCOCCNC(=O)c1ccc(N=Nc2ccccc2)cc1. The van der Waals surface area contributed by atoms with E-state index in [9.17, 15) is 9.59 Å². The second-order valence-corrected chi connectivity index (χ2v) is 8.74. The molecule has 2 rings (SSSR count). The fraction of sp³-hybridized carbons (Fsp3) is 0.533. The summed E-state index contributed by atoms with van der Waals surface area (Å²) in [5.41, 5.74) is 1.97. The van der Waals surface area contributed by atoms with Gasteiger partial charge in [0.2, 0.25) is 0 Å². The summed E-state index contributed by atoms with van der Waals surface area (Å²) in [4.78, 5) is 22.4. The minimum Gasteiger partial charge on any atom is -0.450 e. The third-order valence-corrected chi connectivity index (χ3v) is 5.38. The smallest absolute Gasteiger partial charge is 0.450 e.